The first-order valence-electron chi connectivity index (χ1n) is 12.9. The SMILES string of the molecule is C[C@@H]1C[C@H]2[C@@H]3C[C@H](F)C4=CC(=O)C=C[C@]4(C)[C@@]3(F)[C@@H](OP(=O)(O)OP(=O)(O)OCCN)C[C@@]2(C)C1C(=O)SCF. The van der Waals surface area contributed by atoms with Crippen LogP contribution in [0.5, 0.6) is 0 Å². The zero-order valence-electron chi connectivity index (χ0n) is 22.2. The van der Waals surface area contributed by atoms with E-state index in [0.717, 1.165) is 12.2 Å². The van der Waals surface area contributed by atoms with Crippen LogP contribution >= 0.6 is 27.4 Å². The van der Waals surface area contributed by atoms with Crippen molar-refractivity contribution in [3.63, 3.8) is 0 Å². The molecule has 10 nitrogen and oxygen atoms in total. The molecule has 0 radical (unpaired) electrons. The summed E-state index contributed by atoms with van der Waals surface area (Å²) >= 11 is 0.466. The normalized spacial score (nSPS) is 43.6. The summed E-state index contributed by atoms with van der Waals surface area (Å²) in [5.74, 6) is -3.49. The van der Waals surface area contributed by atoms with Crippen molar-refractivity contribution in [2.45, 2.75) is 58.0 Å². The summed E-state index contributed by atoms with van der Waals surface area (Å²) in [5, 5.41) is -0.480. The second kappa shape index (κ2) is 11.0. The highest BCUT2D eigenvalue weighted by Gasteiger charge is 2.74. The lowest BCUT2D eigenvalue weighted by atomic mass is 9.45. The maximum Gasteiger partial charge on any atom is 0.481 e. The molecule has 3 saturated carbocycles. The predicted molar refractivity (Wildman–Crippen MR) is 140 cm³/mol. The van der Waals surface area contributed by atoms with Gasteiger partial charge in [0.1, 0.15) is 18.3 Å². The van der Waals surface area contributed by atoms with E-state index < -0.39 is 92.1 Å². The fourth-order valence-corrected chi connectivity index (χ4v) is 10.9. The third-order valence-corrected chi connectivity index (χ3v) is 12.6. The molecule has 0 amide bonds. The molecule has 3 fully saturated rings. The molecule has 0 spiro atoms. The quantitative estimate of drug-likeness (QED) is 0.306. The number of thioether (sulfide) groups is 1. The monoisotopic (exact) mass is 631 g/mol. The Morgan fingerprint density at radius 1 is 1.23 bits per heavy atom. The van der Waals surface area contributed by atoms with Gasteiger partial charge in [0.05, 0.1) is 6.61 Å². The van der Waals surface area contributed by atoms with E-state index in [1.54, 1.807) is 13.8 Å². The summed E-state index contributed by atoms with van der Waals surface area (Å²) in [5.41, 5.74) is -0.477. The molecule has 11 atom stereocenters. The number of carbonyl (C=O) groups is 2. The van der Waals surface area contributed by atoms with Crippen molar-refractivity contribution in [2.24, 2.45) is 40.2 Å². The van der Waals surface area contributed by atoms with Crippen molar-refractivity contribution in [2.75, 3.05) is 19.2 Å². The minimum absolute atomic E-state index is 0.157. The van der Waals surface area contributed by atoms with Gasteiger partial charge in [0, 0.05) is 23.8 Å². The maximum absolute atomic E-state index is 18.0. The molecule has 0 aliphatic heterocycles. The minimum atomic E-state index is -5.54. The molecule has 0 bridgehead atoms. The minimum Gasteiger partial charge on any atom is -0.328 e. The van der Waals surface area contributed by atoms with Gasteiger partial charge in [-0.25, -0.2) is 22.3 Å². The molecule has 0 aromatic carbocycles. The Bertz CT molecular complexity index is 1220. The van der Waals surface area contributed by atoms with Crippen LogP contribution in [0.25, 0.3) is 0 Å². The van der Waals surface area contributed by atoms with Crippen LogP contribution in [0.15, 0.2) is 23.8 Å². The Morgan fingerprint density at radius 3 is 2.52 bits per heavy atom. The van der Waals surface area contributed by atoms with E-state index in [0.29, 0.717) is 18.2 Å². The van der Waals surface area contributed by atoms with Crippen molar-refractivity contribution < 1.29 is 55.0 Å². The van der Waals surface area contributed by atoms with Crippen LogP contribution in [-0.4, -0.2) is 57.8 Å². The van der Waals surface area contributed by atoms with E-state index in [1.807, 2.05) is 0 Å². The van der Waals surface area contributed by atoms with Gasteiger partial charge in [-0.1, -0.05) is 31.7 Å². The number of rotatable bonds is 9. The lowest BCUT2D eigenvalue weighted by molar-refractivity contribution is -0.196. The van der Waals surface area contributed by atoms with Crippen molar-refractivity contribution in [1.82, 2.24) is 0 Å². The van der Waals surface area contributed by atoms with Gasteiger partial charge in [-0.15, -0.1) is 0 Å². The van der Waals surface area contributed by atoms with Crippen LogP contribution in [0.2, 0.25) is 0 Å². The number of halogens is 3. The summed E-state index contributed by atoms with van der Waals surface area (Å²) in [6.07, 6.45) is -0.757. The Morgan fingerprint density at radius 2 is 1.90 bits per heavy atom. The van der Waals surface area contributed by atoms with Crippen LogP contribution in [-0.2, 0) is 32.1 Å². The van der Waals surface area contributed by atoms with Gasteiger partial charge >= 0.3 is 15.6 Å². The van der Waals surface area contributed by atoms with E-state index in [1.165, 1.54) is 13.0 Å². The third-order valence-electron chi connectivity index (χ3n) is 9.23. The Balaban J connectivity index is 1.83. The number of carbonyl (C=O) groups excluding carboxylic acids is 2. The zero-order chi connectivity index (χ0) is 29.9. The fourth-order valence-electron chi connectivity index (χ4n) is 7.80. The molecule has 4 rings (SSSR count). The molecule has 0 heterocycles. The summed E-state index contributed by atoms with van der Waals surface area (Å²) in [7, 11) is -10.7. The van der Waals surface area contributed by atoms with Crippen LogP contribution in [0.3, 0.4) is 0 Å². The highest BCUT2D eigenvalue weighted by Crippen LogP contribution is 2.73. The van der Waals surface area contributed by atoms with Crippen LogP contribution in [0.4, 0.5) is 13.2 Å². The molecule has 4 N–H and O–H groups in total. The maximum atomic E-state index is 18.0. The first-order valence-corrected chi connectivity index (χ1v) is 16.8. The largest absolute Gasteiger partial charge is 0.481 e. The van der Waals surface area contributed by atoms with Crippen LogP contribution < -0.4 is 5.73 Å². The fraction of sp³-hybridized carbons (Fsp3) is 0.750. The summed E-state index contributed by atoms with van der Waals surface area (Å²) in [6, 6.07) is -0.981. The number of alkyl halides is 3. The zero-order valence-corrected chi connectivity index (χ0v) is 24.8. The first kappa shape index (κ1) is 32.1. The van der Waals surface area contributed by atoms with Gasteiger partial charge in [-0.05, 0) is 61.2 Å². The lowest BCUT2D eigenvalue weighted by Crippen LogP contribution is -2.68. The van der Waals surface area contributed by atoms with Gasteiger partial charge in [0.15, 0.2) is 16.6 Å². The second-order valence-corrected chi connectivity index (χ2v) is 15.3. The Kier molecular flexibility index (Phi) is 8.85. The topological polar surface area (TPSA) is 162 Å². The summed E-state index contributed by atoms with van der Waals surface area (Å²) < 4.78 is 86.4. The van der Waals surface area contributed by atoms with E-state index >= 15 is 8.78 Å². The molecule has 0 aromatic rings. The first-order chi connectivity index (χ1) is 18.5. The smallest absolute Gasteiger partial charge is 0.328 e. The Labute approximate surface area is 234 Å². The molecule has 40 heavy (non-hydrogen) atoms. The lowest BCUT2D eigenvalue weighted by Gasteiger charge is -2.63. The Hall–Kier alpha value is -0.820. The van der Waals surface area contributed by atoms with Gasteiger partial charge in [0.25, 0.3) is 0 Å². The molecule has 0 saturated heterocycles. The molecule has 226 valence electrons. The number of fused-ring (bicyclic) bond motifs is 5. The van der Waals surface area contributed by atoms with Crippen molar-refractivity contribution in [3.05, 3.63) is 23.8 Å². The molecule has 16 heteroatoms. The van der Waals surface area contributed by atoms with Gasteiger partial charge < -0.3 is 15.5 Å². The second-order valence-electron chi connectivity index (χ2n) is 11.4. The molecule has 4 aliphatic rings. The number of nitrogens with two attached hydrogens (primary N) is 1. The standard InChI is InChI=1S/C24H34F3NO9P2S/c1-13-8-15-16-10-18(26)17-9-14(29)4-5-23(17,3)24(16,27)19(11-22(15,2)20(13)21(30)40-12-25)36-39(33,34)37-38(31,32)35-7-6-28/h4-5,9,13,15-16,18-20H,6-8,10-12,28H2,1-3H3,(H,31,32)(H,33,34)/t13-,15+,16+,18+,19+,20?,22-,23+,24+/m1/s1. The van der Waals surface area contributed by atoms with Crippen molar-refractivity contribution >= 4 is 38.3 Å². The number of allylic oxidation sites excluding steroid dienone is 4. The van der Waals surface area contributed by atoms with Gasteiger partial charge in [-0.2, -0.15) is 4.31 Å². The highest BCUT2D eigenvalue weighted by atomic mass is 32.2. The number of hydrogen-bond donors (Lipinski definition) is 3. The summed E-state index contributed by atoms with van der Waals surface area (Å²) in [4.78, 5) is 45.6. The van der Waals surface area contributed by atoms with Gasteiger partial charge in [-0.3, -0.25) is 18.6 Å². The van der Waals surface area contributed by atoms with Crippen molar-refractivity contribution in [1.29, 1.82) is 0 Å². The highest BCUT2D eigenvalue weighted by molar-refractivity contribution is 8.13. The van der Waals surface area contributed by atoms with E-state index in [2.05, 4.69) is 8.83 Å². The molecule has 3 unspecified atom stereocenters. The third kappa shape index (κ3) is 5.26. The molecule has 4 aliphatic carbocycles. The molecular formula is C24H34F3NO9P2S. The van der Waals surface area contributed by atoms with Crippen LogP contribution in [0.1, 0.15) is 40.0 Å². The summed E-state index contributed by atoms with van der Waals surface area (Å²) in [6.45, 7) is 4.09. The average Bonchev–Trinajstić information content (AvgIpc) is 3.10. The average molecular weight is 632 g/mol. The number of phosphoric acid groups is 2. The predicted octanol–water partition coefficient (Wildman–Crippen LogP) is 4.57. The van der Waals surface area contributed by atoms with E-state index in [-0.39, 0.29) is 24.5 Å². The van der Waals surface area contributed by atoms with Gasteiger partial charge in [0.2, 0.25) is 0 Å². The number of hydrogen-bond acceptors (Lipinski definition) is 9. The van der Waals surface area contributed by atoms with Crippen molar-refractivity contribution in [3.8, 4) is 0 Å². The van der Waals surface area contributed by atoms with E-state index in [9.17, 15) is 32.9 Å². The number of phosphoric ester groups is 2. The number of ketones is 1. The van der Waals surface area contributed by atoms with E-state index in [4.69, 9.17) is 10.3 Å². The van der Waals surface area contributed by atoms with Crippen LogP contribution in [0, 0.1) is 34.5 Å². The molecular weight excluding hydrogens is 597 g/mol. The molecule has 0 aromatic heterocycles.